The first-order valence-corrected chi connectivity index (χ1v) is 10.6. The van der Waals surface area contributed by atoms with Crippen molar-refractivity contribution in [2.24, 2.45) is 5.92 Å². The summed E-state index contributed by atoms with van der Waals surface area (Å²) in [7, 11) is 1.66. The van der Waals surface area contributed by atoms with Crippen molar-refractivity contribution in [2.75, 3.05) is 20.3 Å². The molecule has 0 bridgehead atoms. The van der Waals surface area contributed by atoms with Crippen LogP contribution in [0, 0.1) is 5.92 Å². The first kappa shape index (κ1) is 20.6. The molecule has 5 nitrogen and oxygen atoms in total. The van der Waals surface area contributed by atoms with Crippen LogP contribution >= 0.6 is 0 Å². The van der Waals surface area contributed by atoms with Crippen molar-refractivity contribution in [3.63, 3.8) is 0 Å². The van der Waals surface area contributed by atoms with Crippen molar-refractivity contribution >= 4 is 11.8 Å². The highest BCUT2D eigenvalue weighted by Crippen LogP contribution is 2.40. The fourth-order valence-corrected chi connectivity index (χ4v) is 4.86. The molecule has 2 aliphatic heterocycles. The summed E-state index contributed by atoms with van der Waals surface area (Å²) >= 11 is 0. The molecule has 2 heterocycles. The Balaban J connectivity index is 1.56. The van der Waals surface area contributed by atoms with Crippen molar-refractivity contribution in [1.82, 2.24) is 4.90 Å². The van der Waals surface area contributed by atoms with Gasteiger partial charge in [-0.3, -0.25) is 14.5 Å². The van der Waals surface area contributed by atoms with E-state index in [1.807, 2.05) is 12.1 Å². The van der Waals surface area contributed by atoms with Gasteiger partial charge >= 0.3 is 0 Å². The average Bonchev–Trinajstić information content (AvgIpc) is 2.99. The molecular formula is C25H29NO4. The highest BCUT2D eigenvalue weighted by atomic mass is 16.5. The van der Waals surface area contributed by atoms with Crippen LogP contribution in [0.15, 0.2) is 48.5 Å². The van der Waals surface area contributed by atoms with Gasteiger partial charge in [-0.05, 0) is 74.8 Å². The Morgan fingerprint density at radius 1 is 1.07 bits per heavy atom. The third kappa shape index (κ3) is 3.99. The van der Waals surface area contributed by atoms with E-state index in [0.29, 0.717) is 23.6 Å². The van der Waals surface area contributed by atoms with Crippen LogP contribution in [0.5, 0.6) is 5.75 Å². The maximum absolute atomic E-state index is 12.8. The number of hydrogen-bond acceptors (Lipinski definition) is 4. The number of imide groups is 1. The molecular weight excluding hydrogens is 378 g/mol. The molecule has 2 aromatic rings. The van der Waals surface area contributed by atoms with Crippen LogP contribution in [0.25, 0.3) is 0 Å². The van der Waals surface area contributed by atoms with E-state index in [4.69, 9.17) is 9.47 Å². The molecule has 4 rings (SSSR count). The lowest BCUT2D eigenvalue weighted by Gasteiger charge is -2.40. The van der Waals surface area contributed by atoms with Crippen LogP contribution in [-0.2, 0) is 4.74 Å². The molecule has 0 saturated carbocycles. The lowest BCUT2D eigenvalue weighted by atomic mass is 9.75. The van der Waals surface area contributed by atoms with E-state index < -0.39 is 0 Å². The molecule has 0 aromatic heterocycles. The van der Waals surface area contributed by atoms with Gasteiger partial charge in [-0.2, -0.15) is 0 Å². The van der Waals surface area contributed by atoms with Crippen molar-refractivity contribution in [3.8, 4) is 5.75 Å². The molecule has 0 radical (unpaired) electrons. The molecule has 0 aliphatic carbocycles. The van der Waals surface area contributed by atoms with E-state index in [0.717, 1.165) is 31.6 Å². The molecule has 0 N–H and O–H groups in total. The molecule has 1 fully saturated rings. The van der Waals surface area contributed by atoms with Gasteiger partial charge in [0.25, 0.3) is 11.8 Å². The molecule has 0 spiro atoms. The molecule has 2 atom stereocenters. The third-order valence-electron chi connectivity index (χ3n) is 6.39. The van der Waals surface area contributed by atoms with E-state index in [9.17, 15) is 9.59 Å². The highest BCUT2D eigenvalue weighted by Gasteiger charge is 2.38. The largest absolute Gasteiger partial charge is 0.497 e. The number of amides is 2. The highest BCUT2D eigenvalue weighted by molar-refractivity contribution is 6.21. The Kier molecular flexibility index (Phi) is 5.65. The second-order valence-electron chi connectivity index (χ2n) is 8.84. The zero-order chi connectivity index (χ0) is 21.3. The normalized spacial score (nSPS) is 21.4. The zero-order valence-corrected chi connectivity index (χ0v) is 17.9. The monoisotopic (exact) mass is 407 g/mol. The number of rotatable bonds is 6. The van der Waals surface area contributed by atoms with E-state index in [1.165, 1.54) is 10.5 Å². The van der Waals surface area contributed by atoms with Gasteiger partial charge in [0.1, 0.15) is 5.75 Å². The molecule has 1 saturated heterocycles. The summed E-state index contributed by atoms with van der Waals surface area (Å²) in [6, 6.07) is 15.2. The maximum atomic E-state index is 12.8. The summed E-state index contributed by atoms with van der Waals surface area (Å²) in [6.07, 6.45) is 2.66. The number of carbonyl (C=O) groups is 2. The summed E-state index contributed by atoms with van der Waals surface area (Å²) in [5.74, 6) is 1.12. The fourth-order valence-electron chi connectivity index (χ4n) is 4.86. The number of ether oxygens (including phenoxy) is 2. The van der Waals surface area contributed by atoms with Gasteiger partial charge in [0.15, 0.2) is 0 Å². The van der Waals surface area contributed by atoms with Crippen LogP contribution in [-0.4, -0.2) is 42.6 Å². The summed E-state index contributed by atoms with van der Waals surface area (Å²) in [6.45, 7) is 5.42. The summed E-state index contributed by atoms with van der Waals surface area (Å²) in [5, 5.41) is 0. The topological polar surface area (TPSA) is 55.8 Å². The summed E-state index contributed by atoms with van der Waals surface area (Å²) in [5.41, 5.74) is 2.07. The SMILES string of the molecule is COc1ccc([C@H](CCN2C(=O)c3ccccc3C2=O)[C@H]2CCOC(C)(C)C2)cc1. The second kappa shape index (κ2) is 8.23. The predicted octanol–water partition coefficient (Wildman–Crippen LogP) is 4.67. The standard InChI is InChI=1S/C25H29NO4/c1-25(2)16-18(13-15-30-25)20(17-8-10-19(29-3)11-9-17)12-14-26-23(27)21-6-4-5-7-22(21)24(26)28/h4-11,18,20H,12-16H2,1-3H3/t18-,20-/m0/s1. The van der Waals surface area contributed by atoms with Gasteiger partial charge < -0.3 is 9.47 Å². The first-order chi connectivity index (χ1) is 14.4. The van der Waals surface area contributed by atoms with E-state index in [-0.39, 0.29) is 23.3 Å². The van der Waals surface area contributed by atoms with Crippen LogP contribution < -0.4 is 4.74 Å². The Morgan fingerprint density at radius 2 is 1.70 bits per heavy atom. The zero-order valence-electron chi connectivity index (χ0n) is 17.9. The molecule has 158 valence electrons. The van der Waals surface area contributed by atoms with E-state index in [1.54, 1.807) is 31.4 Å². The number of nitrogens with zero attached hydrogens (tertiary/aromatic N) is 1. The number of benzene rings is 2. The van der Waals surface area contributed by atoms with Gasteiger partial charge in [-0.1, -0.05) is 24.3 Å². The quantitative estimate of drug-likeness (QED) is 0.653. The minimum Gasteiger partial charge on any atom is -0.497 e. The number of fused-ring (bicyclic) bond motifs is 1. The Bertz CT molecular complexity index is 899. The number of carbonyl (C=O) groups excluding carboxylic acids is 2. The van der Waals surface area contributed by atoms with Gasteiger partial charge in [0.05, 0.1) is 23.8 Å². The van der Waals surface area contributed by atoms with Gasteiger partial charge in [0, 0.05) is 13.2 Å². The van der Waals surface area contributed by atoms with Crippen molar-refractivity contribution in [3.05, 3.63) is 65.2 Å². The van der Waals surface area contributed by atoms with Crippen LogP contribution in [0.1, 0.15) is 65.3 Å². The Labute approximate surface area is 178 Å². The lowest BCUT2D eigenvalue weighted by Crippen LogP contribution is -2.38. The van der Waals surface area contributed by atoms with E-state index in [2.05, 4.69) is 26.0 Å². The van der Waals surface area contributed by atoms with Gasteiger partial charge in [-0.15, -0.1) is 0 Å². The van der Waals surface area contributed by atoms with Crippen molar-refractivity contribution < 1.29 is 19.1 Å². The van der Waals surface area contributed by atoms with Crippen LogP contribution in [0.4, 0.5) is 0 Å². The lowest BCUT2D eigenvalue weighted by molar-refractivity contribution is -0.0774. The first-order valence-electron chi connectivity index (χ1n) is 10.6. The number of methoxy groups -OCH3 is 1. The molecule has 2 amide bonds. The van der Waals surface area contributed by atoms with Crippen LogP contribution in [0.2, 0.25) is 0 Å². The minimum atomic E-state index is -0.184. The molecule has 2 aromatic carbocycles. The minimum absolute atomic E-state index is 0.164. The average molecular weight is 408 g/mol. The van der Waals surface area contributed by atoms with Crippen molar-refractivity contribution in [2.45, 2.75) is 44.6 Å². The van der Waals surface area contributed by atoms with Gasteiger partial charge in [-0.25, -0.2) is 0 Å². The fraction of sp³-hybridized carbons (Fsp3) is 0.440. The summed E-state index contributed by atoms with van der Waals surface area (Å²) in [4.78, 5) is 27.0. The molecule has 30 heavy (non-hydrogen) atoms. The molecule has 2 aliphatic rings. The van der Waals surface area contributed by atoms with Gasteiger partial charge in [0.2, 0.25) is 0 Å². The van der Waals surface area contributed by atoms with E-state index >= 15 is 0 Å². The molecule has 0 unspecified atom stereocenters. The Hall–Kier alpha value is -2.66. The maximum Gasteiger partial charge on any atom is 0.261 e. The molecule has 5 heteroatoms. The third-order valence-corrected chi connectivity index (χ3v) is 6.39. The Morgan fingerprint density at radius 3 is 2.27 bits per heavy atom. The predicted molar refractivity (Wildman–Crippen MR) is 115 cm³/mol. The second-order valence-corrected chi connectivity index (χ2v) is 8.84. The van der Waals surface area contributed by atoms with Crippen LogP contribution in [0.3, 0.4) is 0 Å². The smallest absolute Gasteiger partial charge is 0.261 e. The van der Waals surface area contributed by atoms with Crippen molar-refractivity contribution in [1.29, 1.82) is 0 Å². The summed E-state index contributed by atoms with van der Waals surface area (Å²) < 4.78 is 11.2. The number of hydrogen-bond donors (Lipinski definition) is 0.